The first-order chi connectivity index (χ1) is 9.51. The highest BCUT2D eigenvalue weighted by Crippen LogP contribution is 2.18. The Morgan fingerprint density at radius 3 is 2.90 bits per heavy atom. The van der Waals surface area contributed by atoms with Crippen molar-refractivity contribution in [3.05, 3.63) is 35.4 Å². The number of carbonyl (C=O) groups excluding carboxylic acids is 1. The van der Waals surface area contributed by atoms with Crippen molar-refractivity contribution in [2.45, 2.75) is 31.7 Å². The molecule has 108 valence electrons. The Hall–Kier alpha value is -1.88. The highest BCUT2D eigenvalue weighted by molar-refractivity contribution is 5.88. The maximum Gasteiger partial charge on any atom is 0.335 e. The van der Waals surface area contributed by atoms with E-state index in [2.05, 4.69) is 10.6 Å². The van der Waals surface area contributed by atoms with E-state index in [1.807, 2.05) is 13.0 Å². The third-order valence-electron chi connectivity index (χ3n) is 3.74. The summed E-state index contributed by atoms with van der Waals surface area (Å²) in [4.78, 5) is 22.9. The van der Waals surface area contributed by atoms with Crippen molar-refractivity contribution in [3.8, 4) is 0 Å². The third-order valence-corrected chi connectivity index (χ3v) is 3.74. The molecule has 1 amide bonds. The Morgan fingerprint density at radius 2 is 2.25 bits per heavy atom. The van der Waals surface area contributed by atoms with Crippen molar-refractivity contribution in [2.24, 2.45) is 0 Å². The van der Waals surface area contributed by atoms with Crippen LogP contribution >= 0.6 is 0 Å². The maximum absolute atomic E-state index is 12.1. The highest BCUT2D eigenvalue weighted by Gasteiger charge is 2.35. The normalized spacial score (nSPS) is 21.6. The highest BCUT2D eigenvalue weighted by atomic mass is 16.4. The SMILES string of the molecule is CC1(C(=O)NCCc2cccc(C(=O)O)c2)CCCN1. The lowest BCUT2D eigenvalue weighted by Crippen LogP contribution is -2.51. The van der Waals surface area contributed by atoms with E-state index in [0.29, 0.717) is 13.0 Å². The topological polar surface area (TPSA) is 78.4 Å². The van der Waals surface area contributed by atoms with Crippen LogP contribution in [0.15, 0.2) is 24.3 Å². The number of rotatable bonds is 5. The standard InChI is InChI=1S/C15H20N2O3/c1-15(7-3-8-17-15)14(20)16-9-6-11-4-2-5-12(10-11)13(18)19/h2,4-5,10,17H,3,6-9H2,1H3,(H,16,20)(H,18,19). The minimum atomic E-state index is -0.932. The Bertz CT molecular complexity index is 508. The first kappa shape index (κ1) is 14.5. The number of nitrogens with one attached hydrogen (secondary N) is 2. The van der Waals surface area contributed by atoms with E-state index in [9.17, 15) is 9.59 Å². The van der Waals surface area contributed by atoms with Crippen LogP contribution in [0.25, 0.3) is 0 Å². The van der Waals surface area contributed by atoms with Gasteiger partial charge in [0.25, 0.3) is 0 Å². The lowest BCUT2D eigenvalue weighted by atomic mass is 9.99. The fraction of sp³-hybridized carbons (Fsp3) is 0.467. The van der Waals surface area contributed by atoms with Gasteiger partial charge in [0.05, 0.1) is 11.1 Å². The fourth-order valence-electron chi connectivity index (χ4n) is 2.46. The van der Waals surface area contributed by atoms with E-state index in [1.54, 1.807) is 18.2 Å². The molecule has 1 aromatic rings. The molecule has 1 saturated heterocycles. The minimum Gasteiger partial charge on any atom is -0.478 e. The van der Waals surface area contributed by atoms with Crippen LogP contribution in [0.3, 0.4) is 0 Å². The van der Waals surface area contributed by atoms with Gasteiger partial charge in [0.15, 0.2) is 0 Å². The molecule has 0 aromatic heterocycles. The zero-order chi connectivity index (χ0) is 14.6. The van der Waals surface area contributed by atoms with Gasteiger partial charge in [-0.25, -0.2) is 4.79 Å². The molecule has 2 rings (SSSR count). The summed E-state index contributed by atoms with van der Waals surface area (Å²) < 4.78 is 0. The van der Waals surface area contributed by atoms with E-state index in [4.69, 9.17) is 5.11 Å². The van der Waals surface area contributed by atoms with Crippen molar-refractivity contribution < 1.29 is 14.7 Å². The molecule has 0 saturated carbocycles. The molecule has 5 heteroatoms. The number of hydrogen-bond donors (Lipinski definition) is 3. The second kappa shape index (κ2) is 6.05. The molecule has 1 unspecified atom stereocenters. The smallest absolute Gasteiger partial charge is 0.335 e. The van der Waals surface area contributed by atoms with Gasteiger partial charge in [-0.05, 0) is 50.4 Å². The first-order valence-electron chi connectivity index (χ1n) is 6.87. The third kappa shape index (κ3) is 3.36. The summed E-state index contributed by atoms with van der Waals surface area (Å²) in [5.74, 6) is -0.914. The van der Waals surface area contributed by atoms with Crippen LogP contribution in [-0.4, -0.2) is 35.6 Å². The molecule has 1 aliphatic rings. The Labute approximate surface area is 118 Å². The molecule has 0 radical (unpaired) electrons. The van der Waals surface area contributed by atoms with Crippen LogP contribution in [0, 0.1) is 0 Å². The van der Waals surface area contributed by atoms with Crippen LogP contribution in [0.4, 0.5) is 0 Å². The fourth-order valence-corrected chi connectivity index (χ4v) is 2.46. The average Bonchev–Trinajstić information content (AvgIpc) is 2.87. The Morgan fingerprint density at radius 1 is 1.45 bits per heavy atom. The summed E-state index contributed by atoms with van der Waals surface area (Å²) >= 11 is 0. The molecule has 1 aromatic carbocycles. The molecule has 5 nitrogen and oxygen atoms in total. The van der Waals surface area contributed by atoms with Crippen LogP contribution in [0.2, 0.25) is 0 Å². The predicted octanol–water partition coefficient (Wildman–Crippen LogP) is 1.19. The summed E-state index contributed by atoms with van der Waals surface area (Å²) in [7, 11) is 0. The number of aromatic carboxylic acids is 1. The molecule has 1 fully saturated rings. The van der Waals surface area contributed by atoms with Crippen LogP contribution in [-0.2, 0) is 11.2 Å². The minimum absolute atomic E-state index is 0.0180. The maximum atomic E-state index is 12.1. The Balaban J connectivity index is 1.85. The number of benzene rings is 1. The quantitative estimate of drug-likeness (QED) is 0.754. The van der Waals surface area contributed by atoms with Crippen LogP contribution in [0.5, 0.6) is 0 Å². The molecule has 0 aliphatic carbocycles. The molecule has 0 bridgehead atoms. The van der Waals surface area contributed by atoms with Crippen molar-refractivity contribution in [2.75, 3.05) is 13.1 Å². The summed E-state index contributed by atoms with van der Waals surface area (Å²) in [5, 5.41) is 15.1. The van der Waals surface area contributed by atoms with E-state index in [1.165, 1.54) is 0 Å². The molecule has 1 heterocycles. The summed E-state index contributed by atoms with van der Waals surface area (Å²) in [5.41, 5.74) is 0.733. The van der Waals surface area contributed by atoms with Gasteiger partial charge in [-0.3, -0.25) is 4.79 Å². The van der Waals surface area contributed by atoms with E-state index in [0.717, 1.165) is 24.9 Å². The number of carboxylic acids is 1. The van der Waals surface area contributed by atoms with Crippen molar-refractivity contribution in [1.82, 2.24) is 10.6 Å². The summed E-state index contributed by atoms with van der Waals surface area (Å²) in [6.45, 7) is 3.31. The number of hydrogen-bond acceptors (Lipinski definition) is 3. The second-order valence-corrected chi connectivity index (χ2v) is 5.37. The Kier molecular flexibility index (Phi) is 4.39. The monoisotopic (exact) mass is 276 g/mol. The number of carboxylic acid groups (broad SMARTS) is 1. The molecule has 3 N–H and O–H groups in total. The van der Waals surface area contributed by atoms with E-state index >= 15 is 0 Å². The summed E-state index contributed by atoms with van der Waals surface area (Å²) in [6.07, 6.45) is 2.50. The van der Waals surface area contributed by atoms with Gasteiger partial charge in [0.1, 0.15) is 0 Å². The van der Waals surface area contributed by atoms with Crippen molar-refractivity contribution in [3.63, 3.8) is 0 Å². The first-order valence-corrected chi connectivity index (χ1v) is 6.87. The number of carbonyl (C=O) groups is 2. The van der Waals surface area contributed by atoms with Gasteiger partial charge < -0.3 is 15.7 Å². The van der Waals surface area contributed by atoms with Gasteiger partial charge in [-0.1, -0.05) is 12.1 Å². The van der Waals surface area contributed by atoms with Gasteiger partial charge in [0, 0.05) is 6.54 Å². The largest absolute Gasteiger partial charge is 0.478 e. The van der Waals surface area contributed by atoms with Gasteiger partial charge in [-0.15, -0.1) is 0 Å². The van der Waals surface area contributed by atoms with Crippen molar-refractivity contribution >= 4 is 11.9 Å². The van der Waals surface area contributed by atoms with Crippen LogP contribution in [0.1, 0.15) is 35.7 Å². The molecule has 0 spiro atoms. The van der Waals surface area contributed by atoms with Crippen LogP contribution < -0.4 is 10.6 Å². The van der Waals surface area contributed by atoms with Gasteiger partial charge >= 0.3 is 5.97 Å². The average molecular weight is 276 g/mol. The van der Waals surface area contributed by atoms with E-state index in [-0.39, 0.29) is 11.5 Å². The molecule has 1 atom stereocenters. The van der Waals surface area contributed by atoms with E-state index < -0.39 is 11.5 Å². The second-order valence-electron chi connectivity index (χ2n) is 5.37. The van der Waals surface area contributed by atoms with Gasteiger partial charge in [0.2, 0.25) is 5.91 Å². The lowest BCUT2D eigenvalue weighted by Gasteiger charge is -2.23. The predicted molar refractivity (Wildman–Crippen MR) is 75.8 cm³/mol. The lowest BCUT2D eigenvalue weighted by molar-refractivity contribution is -0.126. The molecule has 1 aliphatic heterocycles. The molecular formula is C15H20N2O3. The molecule has 20 heavy (non-hydrogen) atoms. The number of amides is 1. The summed E-state index contributed by atoms with van der Waals surface area (Å²) in [6, 6.07) is 6.80. The zero-order valence-electron chi connectivity index (χ0n) is 11.6. The van der Waals surface area contributed by atoms with Crippen molar-refractivity contribution in [1.29, 1.82) is 0 Å². The molecular weight excluding hydrogens is 256 g/mol. The zero-order valence-corrected chi connectivity index (χ0v) is 11.6. The van der Waals surface area contributed by atoms with Gasteiger partial charge in [-0.2, -0.15) is 0 Å².